The number of fused-ring (bicyclic) bond motifs is 1. The Labute approximate surface area is 165 Å². The Hall–Kier alpha value is -2.58. The minimum atomic E-state index is -0.163. The highest BCUT2D eigenvalue weighted by Crippen LogP contribution is 2.28. The highest BCUT2D eigenvalue weighted by atomic mass is 35.5. The van der Waals surface area contributed by atoms with E-state index in [-0.39, 0.29) is 11.4 Å². The second kappa shape index (κ2) is 7.98. The van der Waals surface area contributed by atoms with Crippen LogP contribution in [0.3, 0.4) is 0 Å². The number of rotatable bonds is 5. The van der Waals surface area contributed by atoms with Crippen molar-refractivity contribution in [3.05, 3.63) is 51.4 Å². The van der Waals surface area contributed by atoms with E-state index in [0.717, 1.165) is 5.39 Å². The van der Waals surface area contributed by atoms with E-state index < -0.39 is 0 Å². The smallest absolute Gasteiger partial charge is 0.260 e. The van der Waals surface area contributed by atoms with Crippen molar-refractivity contribution < 1.29 is 4.84 Å². The molecule has 9 heteroatoms. The maximum atomic E-state index is 13.1. The zero-order valence-corrected chi connectivity index (χ0v) is 16.6. The molecule has 0 atom stereocenters. The lowest BCUT2D eigenvalue weighted by molar-refractivity contribution is 0.213. The van der Waals surface area contributed by atoms with Crippen molar-refractivity contribution in [1.82, 2.24) is 14.5 Å². The van der Waals surface area contributed by atoms with Gasteiger partial charge in [0.05, 0.1) is 0 Å². The number of amidine groups is 1. The lowest BCUT2D eigenvalue weighted by Gasteiger charge is -2.12. The molecule has 0 amide bonds. The molecule has 2 heterocycles. The molecule has 0 saturated heterocycles. The monoisotopic (exact) mass is 403 g/mol. The molecule has 3 rings (SSSR count). The van der Waals surface area contributed by atoms with Gasteiger partial charge in [-0.3, -0.25) is 9.36 Å². The molecule has 140 valence electrons. The Morgan fingerprint density at radius 3 is 2.78 bits per heavy atom. The van der Waals surface area contributed by atoms with Crippen molar-refractivity contribution in [2.24, 2.45) is 10.9 Å². The van der Waals surface area contributed by atoms with Crippen LogP contribution < -0.4 is 11.3 Å². The molecular weight excluding hydrogens is 386 g/mol. The van der Waals surface area contributed by atoms with Crippen LogP contribution >= 0.6 is 23.4 Å². The Balaban J connectivity index is 2.22. The number of aromatic nitrogens is 3. The summed E-state index contributed by atoms with van der Waals surface area (Å²) < 4.78 is 1.62. The van der Waals surface area contributed by atoms with Gasteiger partial charge in [0.2, 0.25) is 0 Å². The van der Waals surface area contributed by atoms with Gasteiger partial charge in [0.15, 0.2) is 11.0 Å². The Kier molecular flexibility index (Phi) is 5.67. The fraction of sp³-hybridized carbons (Fsp3) is 0.222. The van der Waals surface area contributed by atoms with E-state index in [2.05, 4.69) is 20.0 Å². The van der Waals surface area contributed by atoms with Crippen molar-refractivity contribution in [1.29, 1.82) is 0 Å². The number of hydrogen-bond donors (Lipinski definition) is 1. The number of aryl methyl sites for hydroxylation is 1. The van der Waals surface area contributed by atoms with Crippen LogP contribution in [0.15, 0.2) is 45.6 Å². The van der Waals surface area contributed by atoms with Crippen LogP contribution in [-0.4, -0.2) is 33.7 Å². The quantitative estimate of drug-likeness (QED) is 0.231. The number of hydrogen-bond acceptors (Lipinski definition) is 6. The van der Waals surface area contributed by atoms with E-state index in [1.54, 1.807) is 35.0 Å². The standard InChI is InChI=1S/C18H18ClN5O2S/c1-4-24-16-11(9-21-18(22-16)27-3)7-13(17(24)25)12-6-5-10(8-14(12)19)15(20)23-26-2/h5-9H,4H2,1-3H3,(H2,20,23). The predicted octanol–water partition coefficient (Wildman–Crippen LogP) is 3.12. The summed E-state index contributed by atoms with van der Waals surface area (Å²) in [6.45, 7) is 2.38. The van der Waals surface area contributed by atoms with Crippen LogP contribution in [0.5, 0.6) is 0 Å². The maximum absolute atomic E-state index is 13.1. The van der Waals surface area contributed by atoms with Crippen molar-refractivity contribution >= 4 is 40.2 Å². The molecule has 0 aliphatic carbocycles. The molecule has 27 heavy (non-hydrogen) atoms. The van der Waals surface area contributed by atoms with Crippen LogP contribution in [-0.2, 0) is 11.4 Å². The average Bonchev–Trinajstić information content (AvgIpc) is 2.67. The highest BCUT2D eigenvalue weighted by Gasteiger charge is 2.15. The third-order valence-corrected chi connectivity index (χ3v) is 4.92. The van der Waals surface area contributed by atoms with E-state index in [9.17, 15) is 4.79 Å². The second-order valence-electron chi connectivity index (χ2n) is 5.60. The third-order valence-electron chi connectivity index (χ3n) is 4.05. The fourth-order valence-corrected chi connectivity index (χ4v) is 3.39. The van der Waals surface area contributed by atoms with Gasteiger partial charge in [-0.1, -0.05) is 40.7 Å². The zero-order chi connectivity index (χ0) is 19.6. The van der Waals surface area contributed by atoms with Crippen molar-refractivity contribution in [2.45, 2.75) is 18.6 Å². The molecule has 0 unspecified atom stereocenters. The van der Waals surface area contributed by atoms with E-state index >= 15 is 0 Å². The van der Waals surface area contributed by atoms with E-state index in [1.165, 1.54) is 18.9 Å². The number of oxime groups is 1. The first-order valence-electron chi connectivity index (χ1n) is 8.11. The van der Waals surface area contributed by atoms with Crippen LogP contribution in [0.1, 0.15) is 12.5 Å². The van der Waals surface area contributed by atoms with Gasteiger partial charge >= 0.3 is 0 Å². The molecule has 7 nitrogen and oxygen atoms in total. The van der Waals surface area contributed by atoms with Crippen LogP contribution in [0.4, 0.5) is 0 Å². The first-order valence-corrected chi connectivity index (χ1v) is 9.71. The number of benzene rings is 1. The van der Waals surface area contributed by atoms with E-state index in [1.807, 2.05) is 13.2 Å². The first kappa shape index (κ1) is 19.2. The normalized spacial score (nSPS) is 11.8. The summed E-state index contributed by atoms with van der Waals surface area (Å²) in [6, 6.07) is 6.91. The molecule has 2 aromatic heterocycles. The Bertz CT molecular complexity index is 1100. The van der Waals surface area contributed by atoms with Crippen molar-refractivity contribution in [2.75, 3.05) is 13.4 Å². The molecule has 3 aromatic rings. The predicted molar refractivity (Wildman–Crippen MR) is 109 cm³/mol. The Morgan fingerprint density at radius 2 is 2.15 bits per heavy atom. The summed E-state index contributed by atoms with van der Waals surface area (Å²) in [5, 5.41) is 5.47. The minimum absolute atomic E-state index is 0.163. The molecule has 0 bridgehead atoms. The fourth-order valence-electron chi connectivity index (χ4n) is 2.77. The van der Waals surface area contributed by atoms with E-state index in [4.69, 9.17) is 17.3 Å². The topological polar surface area (TPSA) is 95.4 Å². The van der Waals surface area contributed by atoms with Gasteiger partial charge in [0.1, 0.15) is 12.8 Å². The van der Waals surface area contributed by atoms with Gasteiger partial charge in [0, 0.05) is 39.8 Å². The summed E-state index contributed by atoms with van der Waals surface area (Å²) >= 11 is 7.87. The molecule has 0 spiro atoms. The summed E-state index contributed by atoms with van der Waals surface area (Å²) in [7, 11) is 1.41. The molecule has 1 aromatic carbocycles. The van der Waals surface area contributed by atoms with Gasteiger partial charge in [-0.05, 0) is 25.3 Å². The van der Waals surface area contributed by atoms with Crippen molar-refractivity contribution in [3.63, 3.8) is 0 Å². The summed E-state index contributed by atoms with van der Waals surface area (Å²) in [6.07, 6.45) is 3.61. The Morgan fingerprint density at radius 1 is 1.37 bits per heavy atom. The van der Waals surface area contributed by atoms with Gasteiger partial charge in [-0.2, -0.15) is 0 Å². The lowest BCUT2D eigenvalue weighted by atomic mass is 10.0. The molecule has 0 aliphatic rings. The minimum Gasteiger partial charge on any atom is -0.397 e. The first-order chi connectivity index (χ1) is 13.0. The largest absolute Gasteiger partial charge is 0.397 e. The van der Waals surface area contributed by atoms with Gasteiger partial charge < -0.3 is 10.6 Å². The molecule has 0 fully saturated rings. The number of pyridine rings is 1. The highest BCUT2D eigenvalue weighted by molar-refractivity contribution is 7.98. The van der Waals surface area contributed by atoms with Gasteiger partial charge in [-0.15, -0.1) is 0 Å². The number of nitrogens with two attached hydrogens (primary N) is 1. The molecule has 0 aliphatic heterocycles. The molecule has 2 N–H and O–H groups in total. The number of halogens is 1. The zero-order valence-electron chi connectivity index (χ0n) is 15.1. The summed E-state index contributed by atoms with van der Waals surface area (Å²) in [4.78, 5) is 26.5. The van der Waals surface area contributed by atoms with Crippen LogP contribution in [0, 0.1) is 0 Å². The maximum Gasteiger partial charge on any atom is 0.260 e. The molecular formula is C18H18ClN5O2S. The van der Waals surface area contributed by atoms with Crippen LogP contribution in [0.2, 0.25) is 5.02 Å². The number of nitrogens with zero attached hydrogens (tertiary/aromatic N) is 4. The van der Waals surface area contributed by atoms with Gasteiger partial charge in [0.25, 0.3) is 5.56 Å². The van der Waals surface area contributed by atoms with Crippen molar-refractivity contribution in [3.8, 4) is 11.1 Å². The number of thioether (sulfide) groups is 1. The lowest BCUT2D eigenvalue weighted by Crippen LogP contribution is -2.22. The average molecular weight is 404 g/mol. The van der Waals surface area contributed by atoms with E-state index in [0.29, 0.717) is 39.1 Å². The van der Waals surface area contributed by atoms with Gasteiger partial charge in [-0.25, -0.2) is 9.97 Å². The summed E-state index contributed by atoms with van der Waals surface area (Å²) in [5.74, 6) is 0.202. The molecule has 0 radical (unpaired) electrons. The summed E-state index contributed by atoms with van der Waals surface area (Å²) in [5.41, 5.74) is 7.95. The SMILES string of the molecule is CCn1c(=O)c(-c2ccc(/C(N)=N/OC)cc2Cl)cc2cnc(SC)nc21. The second-order valence-corrected chi connectivity index (χ2v) is 6.78. The molecule has 0 saturated carbocycles. The van der Waals surface area contributed by atoms with Crippen LogP contribution in [0.25, 0.3) is 22.2 Å². The third kappa shape index (κ3) is 3.63.